The van der Waals surface area contributed by atoms with Crippen molar-refractivity contribution in [2.45, 2.75) is 38.0 Å². The van der Waals surface area contributed by atoms with Crippen molar-refractivity contribution < 1.29 is 4.79 Å². The van der Waals surface area contributed by atoms with Gasteiger partial charge < -0.3 is 0 Å². The molecule has 0 unspecified atom stereocenters. The van der Waals surface area contributed by atoms with E-state index in [1.54, 1.807) is 17.0 Å². The second kappa shape index (κ2) is 8.26. The van der Waals surface area contributed by atoms with E-state index in [0.717, 1.165) is 16.3 Å². The Morgan fingerprint density at radius 3 is 2.78 bits per heavy atom. The molecule has 1 saturated carbocycles. The van der Waals surface area contributed by atoms with E-state index in [2.05, 4.69) is 20.6 Å². The number of rotatable bonds is 5. The van der Waals surface area contributed by atoms with Crippen LogP contribution < -0.4 is 5.32 Å². The van der Waals surface area contributed by atoms with E-state index in [-0.39, 0.29) is 5.91 Å². The van der Waals surface area contributed by atoms with Crippen molar-refractivity contribution in [2.75, 3.05) is 5.32 Å². The highest BCUT2D eigenvalue weighted by atomic mass is 32.1. The zero-order valence-electron chi connectivity index (χ0n) is 14.9. The second-order valence-corrected chi connectivity index (χ2v) is 7.67. The largest absolute Gasteiger partial charge is 0.297 e. The Labute approximate surface area is 162 Å². The Morgan fingerprint density at radius 2 is 1.96 bits per heavy atom. The van der Waals surface area contributed by atoms with Gasteiger partial charge in [-0.2, -0.15) is 5.10 Å². The van der Waals surface area contributed by atoms with Crippen LogP contribution in [-0.2, 0) is 4.79 Å². The summed E-state index contributed by atoms with van der Waals surface area (Å²) in [5, 5.41) is 17.1. The molecule has 2 heterocycles. The zero-order chi connectivity index (χ0) is 18.5. The van der Waals surface area contributed by atoms with Crippen LogP contribution in [0.5, 0.6) is 0 Å². The van der Waals surface area contributed by atoms with Gasteiger partial charge in [0.05, 0.1) is 11.9 Å². The Hall–Kier alpha value is -2.80. The van der Waals surface area contributed by atoms with Gasteiger partial charge in [-0.15, -0.1) is 10.2 Å². The third kappa shape index (κ3) is 4.49. The predicted octanol–water partition coefficient (Wildman–Crippen LogP) is 4.42. The Bertz CT molecular complexity index is 925. The summed E-state index contributed by atoms with van der Waals surface area (Å²) in [4.78, 5) is 12.2. The van der Waals surface area contributed by atoms with E-state index in [1.165, 1.54) is 49.5 Å². The van der Waals surface area contributed by atoms with Crippen molar-refractivity contribution in [3.63, 3.8) is 0 Å². The van der Waals surface area contributed by atoms with Gasteiger partial charge in [0.2, 0.25) is 11.0 Å². The first-order valence-corrected chi connectivity index (χ1v) is 10.0. The van der Waals surface area contributed by atoms with Crippen LogP contribution in [0.1, 0.15) is 48.6 Å². The first-order chi connectivity index (χ1) is 13.3. The fourth-order valence-corrected chi connectivity index (χ4v) is 4.18. The predicted molar refractivity (Wildman–Crippen MR) is 107 cm³/mol. The van der Waals surface area contributed by atoms with Crippen molar-refractivity contribution in [3.05, 3.63) is 59.4 Å². The molecule has 3 aromatic rings. The van der Waals surface area contributed by atoms with Gasteiger partial charge in [-0.1, -0.05) is 48.8 Å². The van der Waals surface area contributed by atoms with Gasteiger partial charge in [0.1, 0.15) is 5.01 Å². The molecule has 0 atom stereocenters. The number of aromatic nitrogens is 4. The van der Waals surface area contributed by atoms with Crippen LogP contribution in [0.3, 0.4) is 0 Å². The minimum absolute atomic E-state index is 0.214. The second-order valence-electron chi connectivity index (χ2n) is 6.66. The summed E-state index contributed by atoms with van der Waals surface area (Å²) in [6, 6.07) is 9.84. The number of para-hydroxylation sites is 1. The Kier molecular flexibility index (Phi) is 5.39. The number of carbonyl (C=O) groups is 1. The van der Waals surface area contributed by atoms with E-state index in [4.69, 9.17) is 0 Å². The van der Waals surface area contributed by atoms with Gasteiger partial charge in [0.15, 0.2) is 0 Å². The topological polar surface area (TPSA) is 72.7 Å². The molecule has 1 fully saturated rings. The lowest BCUT2D eigenvalue weighted by atomic mass is 9.90. The molecule has 0 aliphatic heterocycles. The summed E-state index contributed by atoms with van der Waals surface area (Å²) in [5.41, 5.74) is 1.83. The summed E-state index contributed by atoms with van der Waals surface area (Å²) in [7, 11) is 0. The molecule has 1 aromatic carbocycles. The highest BCUT2D eigenvalue weighted by Crippen LogP contribution is 2.35. The minimum Gasteiger partial charge on any atom is -0.297 e. The fourth-order valence-electron chi connectivity index (χ4n) is 3.26. The maximum atomic E-state index is 12.2. The lowest BCUT2D eigenvalue weighted by Gasteiger charge is -2.18. The fraction of sp³-hybridized carbons (Fsp3) is 0.300. The number of nitrogens with one attached hydrogen (secondary N) is 1. The Morgan fingerprint density at radius 1 is 1.15 bits per heavy atom. The van der Waals surface area contributed by atoms with Gasteiger partial charge in [-0.25, -0.2) is 4.68 Å². The maximum absolute atomic E-state index is 12.2. The van der Waals surface area contributed by atoms with Crippen molar-refractivity contribution in [2.24, 2.45) is 0 Å². The van der Waals surface area contributed by atoms with Crippen molar-refractivity contribution >= 4 is 28.5 Å². The van der Waals surface area contributed by atoms with E-state index < -0.39 is 0 Å². The number of nitrogens with zero attached hydrogens (tertiary/aromatic N) is 4. The van der Waals surface area contributed by atoms with Crippen LogP contribution >= 0.6 is 11.3 Å². The van der Waals surface area contributed by atoms with Gasteiger partial charge in [0.25, 0.3) is 0 Å². The average molecular weight is 379 g/mol. The summed E-state index contributed by atoms with van der Waals surface area (Å²) >= 11 is 1.49. The van der Waals surface area contributed by atoms with Crippen LogP contribution in [0.4, 0.5) is 5.13 Å². The molecular formula is C20H21N5OS. The number of hydrogen-bond donors (Lipinski definition) is 1. The van der Waals surface area contributed by atoms with Gasteiger partial charge in [-0.05, 0) is 31.1 Å². The molecule has 7 heteroatoms. The summed E-state index contributed by atoms with van der Waals surface area (Å²) in [6.45, 7) is 0. The highest BCUT2D eigenvalue weighted by Gasteiger charge is 2.19. The van der Waals surface area contributed by atoms with E-state index in [0.29, 0.717) is 11.0 Å². The molecule has 1 aliphatic rings. The molecule has 4 rings (SSSR count). The molecule has 27 heavy (non-hydrogen) atoms. The molecule has 0 bridgehead atoms. The quantitative estimate of drug-likeness (QED) is 0.666. The maximum Gasteiger partial charge on any atom is 0.250 e. The van der Waals surface area contributed by atoms with Crippen LogP contribution in [0.2, 0.25) is 0 Å². The molecule has 1 N–H and O–H groups in total. The SMILES string of the molecule is O=C(/C=C/c1cnn(-c2ccccc2)c1)Nc1nnc(C2CCCCC2)s1. The highest BCUT2D eigenvalue weighted by molar-refractivity contribution is 7.15. The van der Waals surface area contributed by atoms with Gasteiger partial charge >= 0.3 is 0 Å². The first-order valence-electron chi connectivity index (χ1n) is 9.20. The van der Waals surface area contributed by atoms with E-state index >= 15 is 0 Å². The Balaban J connectivity index is 1.35. The number of carbonyl (C=O) groups excluding carboxylic acids is 1. The first kappa shape index (κ1) is 17.6. The summed E-state index contributed by atoms with van der Waals surface area (Å²) in [6.07, 6.45) is 13.0. The molecular weight excluding hydrogens is 358 g/mol. The van der Waals surface area contributed by atoms with E-state index in [9.17, 15) is 4.79 Å². The molecule has 2 aromatic heterocycles. The number of benzene rings is 1. The van der Waals surface area contributed by atoms with Crippen LogP contribution in [0, 0.1) is 0 Å². The number of hydrogen-bond acceptors (Lipinski definition) is 5. The molecule has 1 amide bonds. The molecule has 1 aliphatic carbocycles. The van der Waals surface area contributed by atoms with Crippen LogP contribution in [0.15, 0.2) is 48.8 Å². The third-order valence-corrected chi connectivity index (χ3v) is 5.68. The standard InChI is InChI=1S/C20H21N5OS/c26-18(22-20-24-23-19(27-20)16-7-3-1-4-8-16)12-11-15-13-21-25(14-15)17-9-5-2-6-10-17/h2,5-6,9-14,16H,1,3-4,7-8H2,(H,22,24,26)/b12-11+. The molecule has 0 radical (unpaired) electrons. The summed E-state index contributed by atoms with van der Waals surface area (Å²) < 4.78 is 1.78. The van der Waals surface area contributed by atoms with Gasteiger partial charge in [-0.3, -0.25) is 10.1 Å². The number of anilines is 1. The molecule has 0 spiro atoms. The normalized spacial score (nSPS) is 15.3. The molecule has 138 valence electrons. The van der Waals surface area contributed by atoms with Crippen molar-refractivity contribution in [3.8, 4) is 5.69 Å². The average Bonchev–Trinajstić information content (AvgIpc) is 3.37. The molecule has 6 nitrogen and oxygen atoms in total. The van der Waals surface area contributed by atoms with Crippen molar-refractivity contribution in [1.29, 1.82) is 0 Å². The van der Waals surface area contributed by atoms with Crippen LogP contribution in [-0.4, -0.2) is 25.9 Å². The molecule has 0 saturated heterocycles. The lowest BCUT2D eigenvalue weighted by Crippen LogP contribution is -2.07. The lowest BCUT2D eigenvalue weighted by molar-refractivity contribution is -0.111. The zero-order valence-corrected chi connectivity index (χ0v) is 15.7. The van der Waals surface area contributed by atoms with Crippen molar-refractivity contribution in [1.82, 2.24) is 20.0 Å². The smallest absolute Gasteiger partial charge is 0.250 e. The number of amides is 1. The van der Waals surface area contributed by atoms with Crippen LogP contribution in [0.25, 0.3) is 11.8 Å². The van der Waals surface area contributed by atoms with E-state index in [1.807, 2.05) is 36.5 Å². The van der Waals surface area contributed by atoms with Gasteiger partial charge in [0, 0.05) is 23.8 Å². The monoisotopic (exact) mass is 379 g/mol. The summed E-state index contributed by atoms with van der Waals surface area (Å²) in [5.74, 6) is 0.287. The third-order valence-electron chi connectivity index (χ3n) is 4.68. The minimum atomic E-state index is -0.214.